The van der Waals surface area contributed by atoms with Crippen molar-refractivity contribution in [2.24, 2.45) is 0 Å². The number of Topliss-reactive ketones (excluding diaryl/α,β-unsaturated/α-hetero) is 2. The standard InChI is InChI=1S/C29H27ClFNO6/c1-2-36-24-14-16(13-17(30)29(24)37-15-25(35)32-19-8-4-3-7-18(19)31)26-27-20(33)9-5-11-22(27)38-23-12-6-10-21(34)28(23)26/h3-4,7-8,13-14,26H,2,5-6,9-12,15H2,1H3,(H,32,35). The molecule has 0 aromatic heterocycles. The Bertz CT molecular complexity index is 1340. The van der Waals surface area contributed by atoms with E-state index in [-0.39, 0.29) is 40.4 Å². The molecule has 2 aliphatic carbocycles. The molecular weight excluding hydrogens is 513 g/mol. The highest BCUT2D eigenvalue weighted by atomic mass is 35.5. The second kappa shape index (κ2) is 11.0. The number of benzene rings is 2. The molecule has 1 aliphatic heterocycles. The third kappa shape index (κ3) is 5.05. The SMILES string of the molecule is CCOc1cc(C2C3=C(CCCC3=O)OC3=C2C(=O)CCC3)cc(Cl)c1OCC(=O)Nc1ccccc1F. The second-order valence-corrected chi connectivity index (χ2v) is 9.75. The van der Waals surface area contributed by atoms with Crippen LogP contribution < -0.4 is 14.8 Å². The van der Waals surface area contributed by atoms with Crippen molar-refractivity contribution >= 4 is 34.8 Å². The third-order valence-corrected chi connectivity index (χ3v) is 7.08. The van der Waals surface area contributed by atoms with Crippen LogP contribution in [0.2, 0.25) is 5.02 Å². The van der Waals surface area contributed by atoms with E-state index in [4.69, 9.17) is 25.8 Å². The molecule has 0 saturated carbocycles. The maximum absolute atomic E-state index is 13.9. The van der Waals surface area contributed by atoms with E-state index in [9.17, 15) is 18.8 Å². The van der Waals surface area contributed by atoms with Gasteiger partial charge in [0.2, 0.25) is 0 Å². The molecule has 0 saturated heterocycles. The van der Waals surface area contributed by atoms with E-state index < -0.39 is 24.2 Å². The summed E-state index contributed by atoms with van der Waals surface area (Å²) in [6.45, 7) is 1.64. The lowest BCUT2D eigenvalue weighted by Gasteiger charge is -2.36. The summed E-state index contributed by atoms with van der Waals surface area (Å²) in [6.07, 6.45) is 3.45. The summed E-state index contributed by atoms with van der Waals surface area (Å²) in [7, 11) is 0. The number of halogens is 2. The monoisotopic (exact) mass is 539 g/mol. The Labute approximate surface area is 224 Å². The van der Waals surface area contributed by atoms with Crippen molar-refractivity contribution in [1.82, 2.24) is 0 Å². The lowest BCUT2D eigenvalue weighted by atomic mass is 9.73. The third-order valence-electron chi connectivity index (χ3n) is 6.80. The largest absolute Gasteiger partial charge is 0.490 e. The number of rotatable bonds is 7. The first-order chi connectivity index (χ1) is 18.4. The lowest BCUT2D eigenvalue weighted by Crippen LogP contribution is -2.30. The fourth-order valence-corrected chi connectivity index (χ4v) is 5.47. The van der Waals surface area contributed by atoms with Crippen molar-refractivity contribution in [2.45, 2.75) is 51.4 Å². The molecule has 9 heteroatoms. The normalized spacial score (nSPS) is 17.6. The molecule has 7 nitrogen and oxygen atoms in total. The molecule has 2 aromatic carbocycles. The minimum Gasteiger partial charge on any atom is -0.490 e. The minimum atomic E-state index is -0.607. The number of amides is 1. The highest BCUT2D eigenvalue weighted by molar-refractivity contribution is 6.32. The number of carbonyl (C=O) groups excluding carboxylic acids is 3. The summed E-state index contributed by atoms with van der Waals surface area (Å²) in [5.74, 6) is -0.167. The number of hydrogen-bond acceptors (Lipinski definition) is 6. The van der Waals surface area contributed by atoms with Crippen molar-refractivity contribution in [3.63, 3.8) is 0 Å². The molecule has 0 atom stereocenters. The van der Waals surface area contributed by atoms with Gasteiger partial charge in [0.05, 0.1) is 17.3 Å². The quantitative estimate of drug-likeness (QED) is 0.462. The van der Waals surface area contributed by atoms with E-state index in [1.54, 1.807) is 25.1 Å². The topological polar surface area (TPSA) is 90.9 Å². The van der Waals surface area contributed by atoms with E-state index in [2.05, 4.69) is 5.32 Å². The van der Waals surface area contributed by atoms with Crippen LogP contribution in [0.1, 0.15) is 56.9 Å². The van der Waals surface area contributed by atoms with E-state index in [1.807, 2.05) is 0 Å². The van der Waals surface area contributed by atoms with Crippen molar-refractivity contribution in [2.75, 3.05) is 18.5 Å². The molecule has 0 bridgehead atoms. The molecule has 0 unspecified atom stereocenters. The van der Waals surface area contributed by atoms with Crippen LogP contribution in [0.25, 0.3) is 0 Å². The van der Waals surface area contributed by atoms with Gasteiger partial charge < -0.3 is 19.5 Å². The van der Waals surface area contributed by atoms with Crippen LogP contribution in [0, 0.1) is 5.82 Å². The molecule has 3 aliphatic rings. The molecule has 2 aromatic rings. The summed E-state index contributed by atoms with van der Waals surface area (Å²) in [5, 5.41) is 2.62. The number of ketones is 2. The first kappa shape index (κ1) is 26.0. The second-order valence-electron chi connectivity index (χ2n) is 9.34. The van der Waals surface area contributed by atoms with Gasteiger partial charge in [-0.2, -0.15) is 0 Å². The Morgan fingerprint density at radius 3 is 2.32 bits per heavy atom. The smallest absolute Gasteiger partial charge is 0.262 e. The van der Waals surface area contributed by atoms with E-state index >= 15 is 0 Å². The lowest BCUT2D eigenvalue weighted by molar-refractivity contribution is -0.119. The predicted molar refractivity (Wildman–Crippen MR) is 139 cm³/mol. The molecule has 0 spiro atoms. The average Bonchev–Trinajstić information content (AvgIpc) is 2.89. The molecular formula is C29H27ClFNO6. The van der Waals surface area contributed by atoms with Crippen LogP contribution in [0.3, 0.4) is 0 Å². The molecule has 1 heterocycles. The van der Waals surface area contributed by atoms with Gasteiger partial charge >= 0.3 is 0 Å². The van der Waals surface area contributed by atoms with E-state index in [0.717, 1.165) is 0 Å². The summed E-state index contributed by atoms with van der Waals surface area (Å²) < 4.78 is 31.5. The summed E-state index contributed by atoms with van der Waals surface area (Å²) in [4.78, 5) is 38.6. The van der Waals surface area contributed by atoms with Gasteiger partial charge in [-0.25, -0.2) is 4.39 Å². The maximum atomic E-state index is 13.9. The number of ether oxygens (including phenoxy) is 3. The Morgan fingerprint density at radius 1 is 1.03 bits per heavy atom. The number of nitrogens with one attached hydrogen (secondary N) is 1. The van der Waals surface area contributed by atoms with Gasteiger partial charge in [0.1, 0.15) is 17.3 Å². The molecule has 1 N–H and O–H groups in total. The molecule has 0 radical (unpaired) electrons. The molecule has 0 fully saturated rings. The number of carbonyl (C=O) groups is 3. The average molecular weight is 540 g/mol. The van der Waals surface area contributed by atoms with Gasteiger partial charge in [0.25, 0.3) is 5.91 Å². The highest BCUT2D eigenvalue weighted by Gasteiger charge is 2.42. The van der Waals surface area contributed by atoms with Crippen LogP contribution in [-0.4, -0.2) is 30.7 Å². The van der Waals surface area contributed by atoms with E-state index in [1.165, 1.54) is 18.2 Å². The number of para-hydroxylation sites is 1. The van der Waals surface area contributed by atoms with Gasteiger partial charge in [-0.15, -0.1) is 0 Å². The maximum Gasteiger partial charge on any atom is 0.262 e. The zero-order valence-corrected chi connectivity index (χ0v) is 21.7. The van der Waals surface area contributed by atoms with E-state index in [0.29, 0.717) is 66.8 Å². The Hall–Kier alpha value is -3.65. The molecule has 198 valence electrons. The number of allylic oxidation sites excluding steroid dienone is 4. The van der Waals surface area contributed by atoms with Crippen molar-refractivity contribution in [3.8, 4) is 11.5 Å². The predicted octanol–water partition coefficient (Wildman–Crippen LogP) is 6.02. The first-order valence-electron chi connectivity index (χ1n) is 12.7. The van der Waals surface area contributed by atoms with Crippen LogP contribution >= 0.6 is 11.6 Å². The van der Waals surface area contributed by atoms with Crippen molar-refractivity contribution < 1.29 is 33.0 Å². The van der Waals surface area contributed by atoms with Crippen molar-refractivity contribution in [3.05, 3.63) is 75.5 Å². The summed E-state index contributed by atoms with van der Waals surface area (Å²) >= 11 is 6.65. The van der Waals surface area contributed by atoms with Crippen LogP contribution in [0.15, 0.2) is 59.1 Å². The number of hydrogen-bond donors (Lipinski definition) is 1. The fraction of sp³-hybridized carbons (Fsp3) is 0.345. The van der Waals surface area contributed by atoms with Crippen LogP contribution in [0.5, 0.6) is 11.5 Å². The Kier molecular flexibility index (Phi) is 7.51. The number of anilines is 1. The Morgan fingerprint density at radius 2 is 1.68 bits per heavy atom. The van der Waals surface area contributed by atoms with Crippen LogP contribution in [-0.2, 0) is 19.1 Å². The van der Waals surface area contributed by atoms with Gasteiger partial charge in [-0.05, 0) is 49.6 Å². The van der Waals surface area contributed by atoms with Gasteiger partial charge in [-0.3, -0.25) is 14.4 Å². The highest BCUT2D eigenvalue weighted by Crippen LogP contribution is 2.50. The van der Waals surface area contributed by atoms with Gasteiger partial charge in [0, 0.05) is 42.7 Å². The summed E-state index contributed by atoms with van der Waals surface area (Å²) in [5.41, 5.74) is 1.66. The van der Waals surface area contributed by atoms with Gasteiger partial charge in [0.15, 0.2) is 29.7 Å². The molecule has 1 amide bonds. The van der Waals surface area contributed by atoms with Crippen LogP contribution in [0.4, 0.5) is 10.1 Å². The summed E-state index contributed by atoms with van der Waals surface area (Å²) in [6, 6.07) is 9.16. The first-order valence-corrected chi connectivity index (χ1v) is 13.1. The molecule has 5 rings (SSSR count). The molecule has 38 heavy (non-hydrogen) atoms. The fourth-order valence-electron chi connectivity index (χ4n) is 5.20. The zero-order valence-electron chi connectivity index (χ0n) is 20.9. The van der Waals surface area contributed by atoms with Crippen molar-refractivity contribution in [1.29, 1.82) is 0 Å². The minimum absolute atomic E-state index is 0.0366. The Balaban J connectivity index is 1.48. The zero-order chi connectivity index (χ0) is 26.8. The van der Waals surface area contributed by atoms with Gasteiger partial charge in [-0.1, -0.05) is 23.7 Å².